The molecule has 1 fully saturated rings. The lowest BCUT2D eigenvalue weighted by atomic mass is 9.97. The van der Waals surface area contributed by atoms with Crippen LogP contribution in [0.25, 0.3) is 0 Å². The minimum absolute atomic E-state index is 0.353. The highest BCUT2D eigenvalue weighted by atomic mass is 16.6. The van der Waals surface area contributed by atoms with Crippen LogP contribution in [0.15, 0.2) is 0 Å². The number of ether oxygens (including phenoxy) is 1. The van der Waals surface area contributed by atoms with Crippen molar-refractivity contribution in [2.75, 3.05) is 6.61 Å². The van der Waals surface area contributed by atoms with Gasteiger partial charge in [0, 0.05) is 0 Å². The Bertz CT molecular complexity index is 95.4. The van der Waals surface area contributed by atoms with Crippen molar-refractivity contribution in [1.29, 1.82) is 0 Å². The smallest absolute Gasteiger partial charge is 0.0916 e. The summed E-state index contributed by atoms with van der Waals surface area (Å²) in [6.45, 7) is 5.53. The Hall–Kier alpha value is -0.0400. The zero-order chi connectivity index (χ0) is 8.16. The quantitative estimate of drug-likeness (QED) is 0.538. The second kappa shape index (κ2) is 4.10. The van der Waals surface area contributed by atoms with Crippen molar-refractivity contribution in [3.63, 3.8) is 0 Å². The Balaban J connectivity index is 2.08. The normalized spacial score (nSPS) is 20.2. The third-order valence-electron chi connectivity index (χ3n) is 2.52. The molecule has 11 heavy (non-hydrogen) atoms. The Morgan fingerprint density at radius 2 is 1.55 bits per heavy atom. The van der Waals surface area contributed by atoms with Gasteiger partial charge in [0.15, 0.2) is 0 Å². The molecule has 0 bridgehead atoms. The summed E-state index contributed by atoms with van der Waals surface area (Å²) in [4.78, 5) is 0. The summed E-state index contributed by atoms with van der Waals surface area (Å²) < 4.78 is 5.50. The van der Waals surface area contributed by atoms with Gasteiger partial charge in [-0.15, -0.1) is 0 Å². The third kappa shape index (κ3) is 2.82. The molecule has 0 aromatic heterocycles. The molecular formula is C10H20O. The maximum Gasteiger partial charge on any atom is 0.0916 e. The van der Waals surface area contributed by atoms with Gasteiger partial charge in [-0.25, -0.2) is 0 Å². The van der Waals surface area contributed by atoms with E-state index >= 15 is 0 Å². The predicted octanol–water partition coefficient (Wildman–Crippen LogP) is 3.14. The van der Waals surface area contributed by atoms with Crippen molar-refractivity contribution in [3.05, 3.63) is 0 Å². The fourth-order valence-electron chi connectivity index (χ4n) is 1.51. The molecule has 1 saturated heterocycles. The van der Waals surface area contributed by atoms with Crippen LogP contribution >= 0.6 is 0 Å². The highest BCUT2D eigenvalue weighted by molar-refractivity contribution is 4.91. The summed E-state index contributed by atoms with van der Waals surface area (Å²) in [6, 6.07) is 0. The van der Waals surface area contributed by atoms with Gasteiger partial charge in [-0.1, -0.05) is 39.5 Å². The van der Waals surface area contributed by atoms with Crippen molar-refractivity contribution in [1.82, 2.24) is 0 Å². The Kier molecular flexibility index (Phi) is 3.38. The van der Waals surface area contributed by atoms with Crippen LogP contribution in [0.1, 0.15) is 52.4 Å². The van der Waals surface area contributed by atoms with E-state index in [1.807, 2.05) is 0 Å². The molecule has 1 aliphatic heterocycles. The molecule has 0 aromatic carbocycles. The van der Waals surface area contributed by atoms with Crippen LogP contribution in [0.2, 0.25) is 0 Å². The molecule has 0 atom stereocenters. The summed E-state index contributed by atoms with van der Waals surface area (Å²) in [5.41, 5.74) is 0.353. The van der Waals surface area contributed by atoms with Crippen LogP contribution < -0.4 is 0 Å². The highest BCUT2D eigenvalue weighted by Crippen LogP contribution is 2.37. The molecule has 0 unspecified atom stereocenters. The molecule has 1 aliphatic rings. The lowest BCUT2D eigenvalue weighted by Crippen LogP contribution is -2.10. The first kappa shape index (κ1) is 9.05. The summed E-state index contributed by atoms with van der Waals surface area (Å²) >= 11 is 0. The van der Waals surface area contributed by atoms with Crippen molar-refractivity contribution in [3.8, 4) is 0 Å². The zero-order valence-electron chi connectivity index (χ0n) is 7.86. The predicted molar refractivity (Wildman–Crippen MR) is 47.7 cm³/mol. The van der Waals surface area contributed by atoms with Gasteiger partial charge in [0.2, 0.25) is 0 Å². The van der Waals surface area contributed by atoms with Crippen molar-refractivity contribution in [2.45, 2.75) is 58.0 Å². The average molecular weight is 156 g/mol. The second-order valence-electron chi connectivity index (χ2n) is 3.68. The SMILES string of the molecule is CCCCC1(CCCC)CO1. The molecule has 0 amide bonds. The third-order valence-corrected chi connectivity index (χ3v) is 2.52. The number of hydrogen-bond donors (Lipinski definition) is 0. The molecule has 0 saturated carbocycles. The van der Waals surface area contributed by atoms with Gasteiger partial charge in [-0.3, -0.25) is 0 Å². The van der Waals surface area contributed by atoms with Crippen molar-refractivity contribution < 1.29 is 4.74 Å². The number of unbranched alkanes of at least 4 members (excludes halogenated alkanes) is 2. The van der Waals surface area contributed by atoms with E-state index in [1.54, 1.807) is 0 Å². The van der Waals surface area contributed by atoms with Gasteiger partial charge in [0.05, 0.1) is 12.2 Å². The Morgan fingerprint density at radius 1 is 1.09 bits per heavy atom. The number of epoxide rings is 1. The van der Waals surface area contributed by atoms with E-state index < -0.39 is 0 Å². The standard InChI is InChI=1S/C10H20O/c1-3-5-7-10(9-11-10)8-6-4-2/h3-9H2,1-2H3. The van der Waals surface area contributed by atoms with Crippen LogP contribution in [0.4, 0.5) is 0 Å². The first-order valence-corrected chi connectivity index (χ1v) is 4.97. The van der Waals surface area contributed by atoms with Gasteiger partial charge in [-0.2, -0.15) is 0 Å². The monoisotopic (exact) mass is 156 g/mol. The summed E-state index contributed by atoms with van der Waals surface area (Å²) in [6.07, 6.45) is 7.87. The van der Waals surface area contributed by atoms with E-state index in [0.717, 1.165) is 6.61 Å². The summed E-state index contributed by atoms with van der Waals surface area (Å²) in [7, 11) is 0. The summed E-state index contributed by atoms with van der Waals surface area (Å²) in [5, 5.41) is 0. The van der Waals surface area contributed by atoms with Crippen molar-refractivity contribution in [2.24, 2.45) is 0 Å². The molecule has 0 radical (unpaired) electrons. The molecule has 0 spiro atoms. The minimum atomic E-state index is 0.353. The largest absolute Gasteiger partial charge is 0.370 e. The molecule has 1 rings (SSSR count). The molecule has 0 aromatic rings. The van der Waals surface area contributed by atoms with Gasteiger partial charge >= 0.3 is 0 Å². The van der Waals surface area contributed by atoms with E-state index in [2.05, 4.69) is 13.8 Å². The minimum Gasteiger partial charge on any atom is -0.370 e. The topological polar surface area (TPSA) is 12.5 Å². The van der Waals surface area contributed by atoms with Crippen molar-refractivity contribution >= 4 is 0 Å². The molecular weight excluding hydrogens is 136 g/mol. The number of hydrogen-bond acceptors (Lipinski definition) is 1. The molecule has 0 N–H and O–H groups in total. The molecule has 1 nitrogen and oxygen atoms in total. The average Bonchev–Trinajstić information content (AvgIpc) is 2.79. The first-order chi connectivity index (χ1) is 5.33. The fourth-order valence-corrected chi connectivity index (χ4v) is 1.51. The highest BCUT2D eigenvalue weighted by Gasteiger charge is 2.42. The van der Waals surface area contributed by atoms with Crippen LogP contribution in [0.3, 0.4) is 0 Å². The van der Waals surface area contributed by atoms with Gasteiger partial charge in [0.25, 0.3) is 0 Å². The van der Waals surface area contributed by atoms with E-state index in [0.29, 0.717) is 5.60 Å². The van der Waals surface area contributed by atoms with E-state index in [1.165, 1.54) is 38.5 Å². The fraction of sp³-hybridized carbons (Fsp3) is 1.00. The van der Waals surface area contributed by atoms with E-state index in [9.17, 15) is 0 Å². The first-order valence-electron chi connectivity index (χ1n) is 4.97. The van der Waals surface area contributed by atoms with Crippen LogP contribution in [-0.4, -0.2) is 12.2 Å². The van der Waals surface area contributed by atoms with Crippen LogP contribution in [0.5, 0.6) is 0 Å². The van der Waals surface area contributed by atoms with Crippen LogP contribution in [-0.2, 0) is 4.74 Å². The van der Waals surface area contributed by atoms with Gasteiger partial charge in [-0.05, 0) is 12.8 Å². The summed E-state index contributed by atoms with van der Waals surface area (Å²) in [5.74, 6) is 0. The van der Waals surface area contributed by atoms with Gasteiger partial charge < -0.3 is 4.74 Å². The maximum absolute atomic E-state index is 5.50. The Morgan fingerprint density at radius 3 is 1.82 bits per heavy atom. The van der Waals surface area contributed by atoms with Crippen LogP contribution in [0, 0.1) is 0 Å². The number of rotatable bonds is 6. The zero-order valence-corrected chi connectivity index (χ0v) is 7.86. The molecule has 0 aliphatic carbocycles. The lowest BCUT2D eigenvalue weighted by molar-refractivity contribution is 0.264. The van der Waals surface area contributed by atoms with E-state index in [-0.39, 0.29) is 0 Å². The Labute approximate surface area is 70.1 Å². The lowest BCUT2D eigenvalue weighted by Gasteiger charge is -2.09. The maximum atomic E-state index is 5.50. The molecule has 66 valence electrons. The second-order valence-corrected chi connectivity index (χ2v) is 3.68. The van der Waals surface area contributed by atoms with Gasteiger partial charge in [0.1, 0.15) is 0 Å². The molecule has 1 heterocycles. The molecule has 1 heteroatoms. The van der Waals surface area contributed by atoms with E-state index in [4.69, 9.17) is 4.74 Å².